The molecule has 0 spiro atoms. The van der Waals surface area contributed by atoms with E-state index in [9.17, 15) is 13.2 Å². The zero-order valence-electron chi connectivity index (χ0n) is 12.9. The van der Waals surface area contributed by atoms with E-state index < -0.39 is 15.9 Å². The zero-order chi connectivity index (χ0) is 18.7. The summed E-state index contributed by atoms with van der Waals surface area (Å²) < 4.78 is 27.5. The van der Waals surface area contributed by atoms with Crippen LogP contribution in [0.1, 0.15) is 10.4 Å². The SMILES string of the molecule is O=C(Nc1nccs1)c1cccc(NS(=O)(=O)c2cc(Cl)ccc2Cl)c1. The van der Waals surface area contributed by atoms with Crippen LogP contribution in [0.2, 0.25) is 10.0 Å². The van der Waals surface area contributed by atoms with Gasteiger partial charge in [0.1, 0.15) is 4.90 Å². The van der Waals surface area contributed by atoms with E-state index in [1.165, 1.54) is 41.7 Å². The first-order valence-corrected chi connectivity index (χ1v) is 10.3. The van der Waals surface area contributed by atoms with Crippen molar-refractivity contribution in [1.82, 2.24) is 4.98 Å². The molecule has 0 aliphatic heterocycles. The first kappa shape index (κ1) is 18.7. The molecule has 0 bridgehead atoms. The van der Waals surface area contributed by atoms with E-state index in [0.717, 1.165) is 0 Å². The van der Waals surface area contributed by atoms with E-state index in [1.54, 1.807) is 23.7 Å². The number of thiazole rings is 1. The molecule has 0 aliphatic rings. The Kier molecular flexibility index (Phi) is 5.47. The third-order valence-electron chi connectivity index (χ3n) is 3.21. The maximum absolute atomic E-state index is 12.5. The van der Waals surface area contributed by atoms with Crippen LogP contribution < -0.4 is 10.0 Å². The highest BCUT2D eigenvalue weighted by Crippen LogP contribution is 2.27. The average molecular weight is 428 g/mol. The molecule has 1 amide bonds. The number of hydrogen-bond donors (Lipinski definition) is 2. The lowest BCUT2D eigenvalue weighted by Gasteiger charge is -2.11. The van der Waals surface area contributed by atoms with Crippen molar-refractivity contribution in [3.05, 3.63) is 69.7 Å². The number of aromatic nitrogens is 1. The molecular formula is C16H11Cl2N3O3S2. The Labute approximate surface area is 163 Å². The standard InChI is InChI=1S/C16H11Cl2N3O3S2/c17-11-4-5-13(18)14(9-11)26(23,24)21-12-3-1-2-10(8-12)15(22)20-16-19-6-7-25-16/h1-9,21H,(H,19,20,22). The number of benzene rings is 2. The van der Waals surface area contributed by atoms with Gasteiger partial charge in [-0.1, -0.05) is 29.3 Å². The molecule has 1 aromatic heterocycles. The van der Waals surface area contributed by atoms with Crippen molar-refractivity contribution in [3.8, 4) is 0 Å². The molecule has 0 aliphatic carbocycles. The van der Waals surface area contributed by atoms with Gasteiger partial charge >= 0.3 is 0 Å². The summed E-state index contributed by atoms with van der Waals surface area (Å²) in [7, 11) is -3.97. The van der Waals surface area contributed by atoms with Gasteiger partial charge < -0.3 is 0 Å². The Morgan fingerprint density at radius 1 is 1.12 bits per heavy atom. The molecule has 0 saturated carbocycles. The lowest BCUT2D eigenvalue weighted by Crippen LogP contribution is -2.15. The van der Waals surface area contributed by atoms with Gasteiger partial charge in [0.2, 0.25) is 0 Å². The molecule has 26 heavy (non-hydrogen) atoms. The van der Waals surface area contributed by atoms with Crippen LogP contribution >= 0.6 is 34.5 Å². The maximum atomic E-state index is 12.5. The van der Waals surface area contributed by atoms with Gasteiger partial charge in [-0.15, -0.1) is 11.3 Å². The van der Waals surface area contributed by atoms with Crippen molar-refractivity contribution in [2.75, 3.05) is 10.0 Å². The number of nitrogens with one attached hydrogen (secondary N) is 2. The number of carbonyl (C=O) groups excluding carboxylic acids is 1. The smallest absolute Gasteiger partial charge is 0.263 e. The summed E-state index contributed by atoms with van der Waals surface area (Å²) in [4.78, 5) is 16.1. The van der Waals surface area contributed by atoms with Crippen LogP contribution in [0.4, 0.5) is 10.8 Å². The van der Waals surface area contributed by atoms with Gasteiger partial charge in [0.05, 0.1) is 5.02 Å². The third kappa shape index (κ3) is 4.34. The van der Waals surface area contributed by atoms with Gasteiger partial charge in [-0.25, -0.2) is 13.4 Å². The number of hydrogen-bond acceptors (Lipinski definition) is 5. The van der Waals surface area contributed by atoms with Gasteiger partial charge in [0.15, 0.2) is 5.13 Å². The Morgan fingerprint density at radius 2 is 1.92 bits per heavy atom. The summed E-state index contributed by atoms with van der Waals surface area (Å²) in [6, 6.07) is 10.2. The molecule has 0 fully saturated rings. The van der Waals surface area contributed by atoms with E-state index in [1.807, 2.05) is 0 Å². The second kappa shape index (κ2) is 7.63. The topological polar surface area (TPSA) is 88.2 Å². The molecule has 0 radical (unpaired) electrons. The summed E-state index contributed by atoms with van der Waals surface area (Å²) in [5, 5.41) is 5.09. The van der Waals surface area contributed by atoms with Crippen molar-refractivity contribution < 1.29 is 13.2 Å². The minimum Gasteiger partial charge on any atom is -0.298 e. The van der Waals surface area contributed by atoms with E-state index >= 15 is 0 Å². The quantitative estimate of drug-likeness (QED) is 0.626. The molecule has 134 valence electrons. The van der Waals surface area contributed by atoms with E-state index in [4.69, 9.17) is 23.2 Å². The van der Waals surface area contributed by atoms with Gasteiger partial charge in [-0.2, -0.15) is 0 Å². The fourth-order valence-electron chi connectivity index (χ4n) is 2.07. The Balaban J connectivity index is 1.84. The maximum Gasteiger partial charge on any atom is 0.263 e. The molecular weight excluding hydrogens is 417 g/mol. The molecule has 0 unspecified atom stereocenters. The number of amides is 1. The lowest BCUT2D eigenvalue weighted by molar-refractivity contribution is 0.102. The summed E-state index contributed by atoms with van der Waals surface area (Å²) in [6.45, 7) is 0. The number of halogens is 2. The average Bonchev–Trinajstić information content (AvgIpc) is 3.09. The second-order valence-electron chi connectivity index (χ2n) is 5.05. The first-order chi connectivity index (χ1) is 12.3. The number of anilines is 2. The van der Waals surface area contributed by atoms with Gasteiger partial charge in [0, 0.05) is 27.9 Å². The van der Waals surface area contributed by atoms with Crippen molar-refractivity contribution in [3.63, 3.8) is 0 Å². The number of rotatable bonds is 5. The highest BCUT2D eigenvalue weighted by molar-refractivity contribution is 7.92. The molecule has 2 aromatic carbocycles. The summed E-state index contributed by atoms with van der Waals surface area (Å²) in [6.07, 6.45) is 1.57. The largest absolute Gasteiger partial charge is 0.298 e. The Hall–Kier alpha value is -2.13. The molecule has 6 nitrogen and oxygen atoms in total. The molecule has 3 rings (SSSR count). The highest BCUT2D eigenvalue weighted by Gasteiger charge is 2.19. The minimum absolute atomic E-state index is 0.0413. The molecule has 0 atom stereocenters. The third-order valence-corrected chi connectivity index (χ3v) is 6.00. The van der Waals surface area contributed by atoms with Crippen LogP contribution in [-0.2, 0) is 10.0 Å². The molecule has 2 N–H and O–H groups in total. The zero-order valence-corrected chi connectivity index (χ0v) is 16.1. The monoisotopic (exact) mass is 427 g/mol. The Morgan fingerprint density at radius 3 is 2.65 bits per heavy atom. The predicted molar refractivity (Wildman–Crippen MR) is 104 cm³/mol. The molecule has 3 aromatic rings. The second-order valence-corrected chi connectivity index (χ2v) is 8.44. The summed E-state index contributed by atoms with van der Waals surface area (Å²) >= 11 is 13.1. The lowest BCUT2D eigenvalue weighted by atomic mass is 10.2. The normalized spacial score (nSPS) is 11.2. The minimum atomic E-state index is -3.97. The summed E-state index contributed by atoms with van der Waals surface area (Å²) in [5.41, 5.74) is 0.491. The number of nitrogens with zero attached hydrogens (tertiary/aromatic N) is 1. The highest BCUT2D eigenvalue weighted by atomic mass is 35.5. The van der Waals surface area contributed by atoms with Crippen molar-refractivity contribution in [1.29, 1.82) is 0 Å². The fraction of sp³-hybridized carbons (Fsp3) is 0. The van der Waals surface area contributed by atoms with Crippen LogP contribution in [0.5, 0.6) is 0 Å². The first-order valence-electron chi connectivity index (χ1n) is 7.14. The predicted octanol–water partition coefficient (Wildman–Crippen LogP) is 4.50. The van der Waals surface area contributed by atoms with Gasteiger partial charge in [-0.05, 0) is 36.4 Å². The van der Waals surface area contributed by atoms with Gasteiger partial charge in [0.25, 0.3) is 15.9 Å². The van der Waals surface area contributed by atoms with E-state index in [-0.39, 0.29) is 26.2 Å². The van der Waals surface area contributed by atoms with Crippen molar-refractivity contribution >= 4 is 61.3 Å². The van der Waals surface area contributed by atoms with Crippen LogP contribution in [0, 0.1) is 0 Å². The van der Waals surface area contributed by atoms with Crippen LogP contribution in [0.15, 0.2) is 58.9 Å². The summed E-state index contributed by atoms with van der Waals surface area (Å²) in [5.74, 6) is -0.401. The van der Waals surface area contributed by atoms with Crippen LogP contribution in [-0.4, -0.2) is 19.3 Å². The van der Waals surface area contributed by atoms with Gasteiger partial charge in [-0.3, -0.25) is 14.8 Å². The fourth-order valence-corrected chi connectivity index (χ4v) is 4.41. The number of sulfonamides is 1. The Bertz CT molecular complexity index is 1050. The van der Waals surface area contributed by atoms with Crippen LogP contribution in [0.25, 0.3) is 0 Å². The molecule has 1 heterocycles. The van der Waals surface area contributed by atoms with Crippen molar-refractivity contribution in [2.24, 2.45) is 0 Å². The molecule has 0 saturated heterocycles. The van der Waals surface area contributed by atoms with E-state index in [0.29, 0.717) is 5.13 Å². The van der Waals surface area contributed by atoms with Crippen LogP contribution in [0.3, 0.4) is 0 Å². The van der Waals surface area contributed by atoms with E-state index in [2.05, 4.69) is 15.0 Å². The number of carbonyl (C=O) groups is 1. The van der Waals surface area contributed by atoms with Crippen molar-refractivity contribution in [2.45, 2.75) is 4.90 Å². The molecule has 10 heteroatoms.